The van der Waals surface area contributed by atoms with Gasteiger partial charge in [-0.3, -0.25) is 4.79 Å². The quantitative estimate of drug-likeness (QED) is 0.652. The molecular formula is C15H11ClF2INO3. The predicted molar refractivity (Wildman–Crippen MR) is 91.4 cm³/mol. The van der Waals surface area contributed by atoms with Crippen LogP contribution < -0.4 is 14.8 Å². The van der Waals surface area contributed by atoms with E-state index in [2.05, 4.69) is 32.6 Å². The highest BCUT2D eigenvalue weighted by Gasteiger charge is 2.11. The number of halogens is 4. The van der Waals surface area contributed by atoms with Crippen LogP contribution in [0.2, 0.25) is 5.02 Å². The molecule has 0 heterocycles. The maximum atomic E-state index is 12.1. The van der Waals surface area contributed by atoms with Crippen LogP contribution in [0.15, 0.2) is 42.5 Å². The van der Waals surface area contributed by atoms with Crippen LogP contribution in [0.25, 0.3) is 0 Å². The standard InChI is InChI=1S/C15H11ClF2INO3/c16-10-7-9(5-6-12(10)23-15(17)18)20-14(21)8-22-13-4-2-1-3-11(13)19/h1-7,15H,8H2,(H,20,21). The molecule has 0 atom stereocenters. The molecule has 8 heteroatoms. The maximum absolute atomic E-state index is 12.1. The number of alkyl halides is 2. The van der Waals surface area contributed by atoms with Crippen molar-refractivity contribution in [2.75, 3.05) is 11.9 Å². The first-order chi connectivity index (χ1) is 11.0. The number of benzene rings is 2. The number of rotatable bonds is 6. The minimum atomic E-state index is -2.96. The van der Waals surface area contributed by atoms with Crippen molar-refractivity contribution in [3.8, 4) is 11.5 Å². The molecule has 122 valence electrons. The van der Waals surface area contributed by atoms with Gasteiger partial charge < -0.3 is 14.8 Å². The number of nitrogens with one attached hydrogen (secondary N) is 1. The lowest BCUT2D eigenvalue weighted by Gasteiger charge is -2.11. The highest BCUT2D eigenvalue weighted by molar-refractivity contribution is 14.1. The Hall–Kier alpha value is -1.61. The molecule has 0 fully saturated rings. The Morgan fingerprint density at radius 1 is 1.22 bits per heavy atom. The maximum Gasteiger partial charge on any atom is 0.387 e. The SMILES string of the molecule is O=C(COc1ccccc1I)Nc1ccc(OC(F)F)c(Cl)c1. The van der Waals surface area contributed by atoms with Crippen molar-refractivity contribution < 1.29 is 23.0 Å². The molecular weight excluding hydrogens is 443 g/mol. The van der Waals surface area contributed by atoms with Crippen LogP contribution >= 0.6 is 34.2 Å². The molecule has 1 amide bonds. The number of anilines is 1. The van der Waals surface area contributed by atoms with Gasteiger partial charge in [0.1, 0.15) is 11.5 Å². The van der Waals surface area contributed by atoms with E-state index in [4.69, 9.17) is 16.3 Å². The number of carbonyl (C=O) groups excluding carboxylic acids is 1. The fourth-order valence-electron chi connectivity index (χ4n) is 1.67. The van der Waals surface area contributed by atoms with Gasteiger partial charge in [0.15, 0.2) is 6.61 Å². The van der Waals surface area contributed by atoms with Crippen LogP contribution in [0.1, 0.15) is 0 Å². The minimum absolute atomic E-state index is 0.0263. The van der Waals surface area contributed by atoms with Crippen molar-refractivity contribution in [3.05, 3.63) is 51.1 Å². The average molecular weight is 454 g/mol. The summed E-state index contributed by atoms with van der Waals surface area (Å²) in [5, 5.41) is 2.53. The predicted octanol–water partition coefficient (Wildman–Crippen LogP) is 4.56. The van der Waals surface area contributed by atoms with Crippen molar-refractivity contribution in [1.82, 2.24) is 0 Å². The highest BCUT2D eigenvalue weighted by atomic mass is 127. The molecule has 0 aromatic heterocycles. The molecule has 0 radical (unpaired) electrons. The van der Waals surface area contributed by atoms with E-state index in [1.54, 1.807) is 12.1 Å². The van der Waals surface area contributed by atoms with E-state index in [-0.39, 0.29) is 17.4 Å². The van der Waals surface area contributed by atoms with Crippen LogP contribution in [-0.2, 0) is 4.79 Å². The molecule has 0 unspecified atom stereocenters. The first-order valence-corrected chi connectivity index (χ1v) is 7.83. The van der Waals surface area contributed by atoms with E-state index in [1.807, 2.05) is 12.1 Å². The largest absolute Gasteiger partial charge is 0.483 e. The zero-order valence-electron chi connectivity index (χ0n) is 11.6. The molecule has 2 aromatic rings. The van der Waals surface area contributed by atoms with Crippen molar-refractivity contribution in [1.29, 1.82) is 0 Å². The zero-order valence-corrected chi connectivity index (χ0v) is 14.5. The first kappa shape index (κ1) is 17.7. The van der Waals surface area contributed by atoms with Gasteiger partial charge in [0.05, 0.1) is 8.59 Å². The second kappa shape index (κ2) is 8.30. The normalized spacial score (nSPS) is 10.5. The van der Waals surface area contributed by atoms with E-state index in [0.29, 0.717) is 11.4 Å². The average Bonchev–Trinajstić information content (AvgIpc) is 2.49. The number of hydrogen-bond donors (Lipinski definition) is 1. The lowest BCUT2D eigenvalue weighted by atomic mass is 10.3. The third kappa shape index (κ3) is 5.51. The smallest absolute Gasteiger partial charge is 0.387 e. The Labute approximate surface area is 149 Å². The summed E-state index contributed by atoms with van der Waals surface area (Å²) in [5.74, 6) is 0.0416. The number of hydrogen-bond acceptors (Lipinski definition) is 3. The summed E-state index contributed by atoms with van der Waals surface area (Å²) < 4.78 is 34.8. The molecule has 0 aliphatic heterocycles. The van der Waals surface area contributed by atoms with E-state index in [0.717, 1.165) is 3.57 Å². The Kier molecular flexibility index (Phi) is 6.40. The van der Waals surface area contributed by atoms with Crippen LogP contribution in [0, 0.1) is 3.57 Å². The summed E-state index contributed by atoms with van der Waals surface area (Å²) in [6.07, 6.45) is 0. The summed E-state index contributed by atoms with van der Waals surface area (Å²) >= 11 is 7.91. The summed E-state index contributed by atoms with van der Waals surface area (Å²) in [4.78, 5) is 11.8. The molecule has 0 spiro atoms. The van der Waals surface area contributed by atoms with Gasteiger partial charge in [-0.25, -0.2) is 0 Å². The van der Waals surface area contributed by atoms with Gasteiger partial charge in [0.25, 0.3) is 5.91 Å². The minimum Gasteiger partial charge on any atom is -0.483 e. The number of ether oxygens (including phenoxy) is 2. The van der Waals surface area contributed by atoms with E-state index in [9.17, 15) is 13.6 Å². The summed E-state index contributed by atoms with van der Waals surface area (Å²) in [6, 6.07) is 11.3. The lowest BCUT2D eigenvalue weighted by Crippen LogP contribution is -2.20. The summed E-state index contributed by atoms with van der Waals surface area (Å²) in [7, 11) is 0. The summed E-state index contributed by atoms with van der Waals surface area (Å²) in [6.45, 7) is -3.15. The van der Waals surface area contributed by atoms with Crippen LogP contribution in [0.5, 0.6) is 11.5 Å². The molecule has 0 bridgehead atoms. The van der Waals surface area contributed by atoms with Gasteiger partial charge in [0, 0.05) is 5.69 Å². The van der Waals surface area contributed by atoms with Crippen molar-refractivity contribution in [2.45, 2.75) is 6.61 Å². The number of carbonyl (C=O) groups is 1. The molecule has 23 heavy (non-hydrogen) atoms. The Bertz CT molecular complexity index is 700. The zero-order chi connectivity index (χ0) is 16.8. The molecule has 1 N–H and O–H groups in total. The van der Waals surface area contributed by atoms with Gasteiger partial charge in [-0.1, -0.05) is 23.7 Å². The van der Waals surface area contributed by atoms with Gasteiger partial charge in [0.2, 0.25) is 0 Å². The second-order valence-corrected chi connectivity index (χ2v) is 5.86. The van der Waals surface area contributed by atoms with Gasteiger partial charge in [-0.15, -0.1) is 0 Å². The monoisotopic (exact) mass is 453 g/mol. The first-order valence-electron chi connectivity index (χ1n) is 6.37. The lowest BCUT2D eigenvalue weighted by molar-refractivity contribution is -0.118. The van der Waals surface area contributed by atoms with Gasteiger partial charge in [-0.2, -0.15) is 8.78 Å². The number of amides is 1. The third-order valence-electron chi connectivity index (χ3n) is 2.63. The van der Waals surface area contributed by atoms with Crippen LogP contribution in [-0.4, -0.2) is 19.1 Å². The van der Waals surface area contributed by atoms with Gasteiger partial charge >= 0.3 is 6.61 Å². The number of para-hydroxylation sites is 1. The van der Waals surface area contributed by atoms with Crippen LogP contribution in [0.3, 0.4) is 0 Å². The highest BCUT2D eigenvalue weighted by Crippen LogP contribution is 2.29. The molecule has 4 nitrogen and oxygen atoms in total. The van der Waals surface area contributed by atoms with E-state index < -0.39 is 12.5 Å². The van der Waals surface area contributed by atoms with Crippen LogP contribution in [0.4, 0.5) is 14.5 Å². The summed E-state index contributed by atoms with van der Waals surface area (Å²) in [5.41, 5.74) is 0.355. The topological polar surface area (TPSA) is 47.6 Å². The third-order valence-corrected chi connectivity index (χ3v) is 3.81. The second-order valence-electron chi connectivity index (χ2n) is 4.29. The molecule has 2 rings (SSSR count). The van der Waals surface area contributed by atoms with Crippen molar-refractivity contribution >= 4 is 45.8 Å². The molecule has 0 saturated heterocycles. The van der Waals surface area contributed by atoms with Crippen molar-refractivity contribution in [2.24, 2.45) is 0 Å². The Morgan fingerprint density at radius 2 is 1.96 bits per heavy atom. The van der Waals surface area contributed by atoms with E-state index >= 15 is 0 Å². The molecule has 0 saturated carbocycles. The fraction of sp³-hybridized carbons (Fsp3) is 0.133. The fourth-order valence-corrected chi connectivity index (χ4v) is 2.44. The molecule has 0 aliphatic rings. The Morgan fingerprint density at radius 3 is 2.61 bits per heavy atom. The van der Waals surface area contributed by atoms with E-state index in [1.165, 1.54) is 18.2 Å². The molecule has 0 aliphatic carbocycles. The van der Waals surface area contributed by atoms with Gasteiger partial charge in [-0.05, 0) is 52.9 Å². The van der Waals surface area contributed by atoms with Crippen molar-refractivity contribution in [3.63, 3.8) is 0 Å². The Balaban J connectivity index is 1.93. The molecule has 2 aromatic carbocycles.